The Labute approximate surface area is 130 Å². The third-order valence-corrected chi connectivity index (χ3v) is 3.27. The van der Waals surface area contributed by atoms with Gasteiger partial charge in [0.15, 0.2) is 0 Å². The van der Waals surface area contributed by atoms with Crippen LogP contribution in [0.5, 0.6) is 5.75 Å². The van der Waals surface area contributed by atoms with Crippen LogP contribution in [0.4, 0.5) is 4.39 Å². The molecule has 3 N–H and O–H groups in total. The van der Waals surface area contributed by atoms with E-state index in [1.54, 1.807) is 12.1 Å². The molecule has 0 aliphatic heterocycles. The average Bonchev–Trinajstić information content (AvgIpc) is 2.47. The minimum Gasteiger partial charge on any atom is -0.496 e. The largest absolute Gasteiger partial charge is 0.496 e. The zero-order valence-corrected chi connectivity index (χ0v) is 12.5. The number of halogens is 2. The Bertz CT molecular complexity index is 565. The molecule has 0 unspecified atom stereocenters. The van der Waals surface area contributed by atoms with Gasteiger partial charge >= 0.3 is 0 Å². The van der Waals surface area contributed by atoms with Crippen LogP contribution in [0.15, 0.2) is 48.5 Å². The number of aliphatic hydroxyl groups is 1. The Kier molecular flexibility index (Phi) is 6.62. The molecule has 0 aliphatic carbocycles. The second-order valence-electron chi connectivity index (χ2n) is 4.64. The van der Waals surface area contributed by atoms with Crippen molar-refractivity contribution in [3.05, 3.63) is 65.5 Å². The number of nitrogens with two attached hydrogens (primary N) is 1. The van der Waals surface area contributed by atoms with Crippen LogP contribution in [-0.4, -0.2) is 18.3 Å². The van der Waals surface area contributed by atoms with Crippen LogP contribution >= 0.6 is 12.4 Å². The van der Waals surface area contributed by atoms with Crippen molar-refractivity contribution >= 4 is 12.4 Å². The van der Waals surface area contributed by atoms with Gasteiger partial charge in [-0.05, 0) is 17.7 Å². The first kappa shape index (κ1) is 17.4. The molecule has 2 rings (SSSR count). The van der Waals surface area contributed by atoms with Crippen molar-refractivity contribution in [1.82, 2.24) is 0 Å². The van der Waals surface area contributed by atoms with Crippen LogP contribution < -0.4 is 10.5 Å². The highest BCUT2D eigenvalue weighted by Crippen LogP contribution is 2.29. The highest BCUT2D eigenvalue weighted by atomic mass is 35.5. The van der Waals surface area contributed by atoms with Crippen LogP contribution in [0.2, 0.25) is 0 Å². The summed E-state index contributed by atoms with van der Waals surface area (Å²) in [6.45, 7) is 0. The van der Waals surface area contributed by atoms with Gasteiger partial charge in [-0.2, -0.15) is 0 Å². The van der Waals surface area contributed by atoms with Crippen molar-refractivity contribution in [3.63, 3.8) is 0 Å². The summed E-state index contributed by atoms with van der Waals surface area (Å²) in [5.74, 6) is -0.117. The van der Waals surface area contributed by atoms with Gasteiger partial charge in [-0.25, -0.2) is 4.39 Å². The molecule has 2 aromatic carbocycles. The highest BCUT2D eigenvalue weighted by molar-refractivity contribution is 5.85. The molecule has 0 fully saturated rings. The fraction of sp³-hybridized carbons (Fsp3) is 0.250. The molecule has 0 bridgehead atoms. The van der Waals surface area contributed by atoms with E-state index in [-0.39, 0.29) is 18.0 Å². The van der Waals surface area contributed by atoms with Gasteiger partial charge in [-0.3, -0.25) is 0 Å². The van der Waals surface area contributed by atoms with E-state index in [4.69, 9.17) is 10.5 Å². The zero-order chi connectivity index (χ0) is 14.5. The number of methoxy groups -OCH3 is 1. The van der Waals surface area contributed by atoms with E-state index < -0.39 is 18.0 Å². The molecule has 5 heteroatoms. The lowest BCUT2D eigenvalue weighted by Crippen LogP contribution is -2.29. The van der Waals surface area contributed by atoms with Gasteiger partial charge in [0.05, 0.1) is 19.3 Å². The lowest BCUT2D eigenvalue weighted by molar-refractivity contribution is 0.142. The molecule has 0 saturated heterocycles. The summed E-state index contributed by atoms with van der Waals surface area (Å²) < 4.78 is 19.0. The van der Waals surface area contributed by atoms with Crippen LogP contribution in [0.25, 0.3) is 0 Å². The van der Waals surface area contributed by atoms with Crippen molar-refractivity contribution in [2.45, 2.75) is 18.6 Å². The number of aliphatic hydroxyl groups excluding tert-OH is 1. The molecule has 2 aromatic rings. The molecule has 0 saturated carbocycles. The number of hydrogen-bond acceptors (Lipinski definition) is 3. The van der Waals surface area contributed by atoms with Crippen LogP contribution in [0.3, 0.4) is 0 Å². The number of ether oxygens (including phenoxy) is 1. The first-order valence-corrected chi connectivity index (χ1v) is 6.43. The smallest absolute Gasteiger partial charge is 0.131 e. The molecule has 0 radical (unpaired) electrons. The summed E-state index contributed by atoms with van der Waals surface area (Å²) in [5, 5.41) is 10.2. The van der Waals surface area contributed by atoms with Crippen LogP contribution in [0, 0.1) is 5.82 Å². The van der Waals surface area contributed by atoms with E-state index in [1.165, 1.54) is 13.2 Å². The molecule has 0 aliphatic rings. The van der Waals surface area contributed by atoms with Crippen LogP contribution in [0.1, 0.15) is 17.2 Å². The molecule has 2 atom stereocenters. The second-order valence-corrected chi connectivity index (χ2v) is 4.64. The highest BCUT2D eigenvalue weighted by Gasteiger charge is 2.23. The number of hydrogen-bond donors (Lipinski definition) is 2. The molecule has 114 valence electrons. The molecule has 0 heterocycles. The Morgan fingerprint density at radius 2 is 1.81 bits per heavy atom. The molecule has 0 aromatic heterocycles. The minimum atomic E-state index is -0.886. The third kappa shape index (κ3) is 4.17. The quantitative estimate of drug-likeness (QED) is 0.892. The zero-order valence-electron chi connectivity index (χ0n) is 11.7. The first-order chi connectivity index (χ1) is 9.63. The number of benzene rings is 2. The summed E-state index contributed by atoms with van der Waals surface area (Å²) in [4.78, 5) is 0. The maximum Gasteiger partial charge on any atom is 0.131 e. The van der Waals surface area contributed by atoms with Gasteiger partial charge < -0.3 is 15.6 Å². The summed E-state index contributed by atoms with van der Waals surface area (Å²) in [5.41, 5.74) is 7.15. The Morgan fingerprint density at radius 3 is 2.43 bits per heavy atom. The molecule has 0 amide bonds. The molecule has 21 heavy (non-hydrogen) atoms. The maximum absolute atomic E-state index is 13.9. The van der Waals surface area contributed by atoms with Crippen molar-refractivity contribution in [1.29, 1.82) is 0 Å². The summed E-state index contributed by atoms with van der Waals surface area (Å²) in [6.07, 6.45) is -0.525. The lowest BCUT2D eigenvalue weighted by Gasteiger charge is -2.21. The van der Waals surface area contributed by atoms with Crippen molar-refractivity contribution in [2.24, 2.45) is 5.73 Å². The maximum atomic E-state index is 13.9. The summed E-state index contributed by atoms with van der Waals surface area (Å²) >= 11 is 0. The summed E-state index contributed by atoms with van der Waals surface area (Å²) in [7, 11) is 1.45. The molecule has 3 nitrogen and oxygen atoms in total. The van der Waals surface area contributed by atoms with Gasteiger partial charge in [0.2, 0.25) is 0 Å². The van der Waals surface area contributed by atoms with E-state index >= 15 is 0 Å². The van der Waals surface area contributed by atoms with Gasteiger partial charge in [0, 0.05) is 12.0 Å². The SMILES string of the molecule is COc1cccc(F)c1[C@@H](N)[C@@H](O)Cc1ccccc1.Cl. The molecular formula is C16H19ClFNO2. The third-order valence-electron chi connectivity index (χ3n) is 3.27. The van der Waals surface area contributed by atoms with Gasteiger partial charge in [0.1, 0.15) is 11.6 Å². The Hall–Kier alpha value is -1.62. The van der Waals surface area contributed by atoms with Crippen LogP contribution in [-0.2, 0) is 6.42 Å². The normalized spacial score (nSPS) is 13.1. The fourth-order valence-electron chi connectivity index (χ4n) is 2.19. The van der Waals surface area contributed by atoms with Gasteiger partial charge in [0.25, 0.3) is 0 Å². The second kappa shape index (κ2) is 7.98. The molecular weight excluding hydrogens is 293 g/mol. The predicted octanol–water partition coefficient (Wildman–Crippen LogP) is 2.86. The Balaban J connectivity index is 0.00000220. The van der Waals surface area contributed by atoms with E-state index in [0.29, 0.717) is 12.2 Å². The van der Waals surface area contributed by atoms with Crippen molar-refractivity contribution in [2.75, 3.05) is 7.11 Å². The number of rotatable bonds is 5. The standard InChI is InChI=1S/C16H18FNO2.ClH/c1-20-14-9-5-8-12(17)15(14)16(18)13(19)10-11-6-3-2-4-7-11;/h2-9,13,16,19H,10,18H2,1H3;1H/t13-,16-;/m0./s1. The van der Waals surface area contributed by atoms with Crippen molar-refractivity contribution in [3.8, 4) is 5.75 Å². The lowest BCUT2D eigenvalue weighted by atomic mass is 9.96. The minimum absolute atomic E-state index is 0. The van der Waals surface area contributed by atoms with Gasteiger partial charge in [-0.15, -0.1) is 12.4 Å². The average molecular weight is 312 g/mol. The fourth-order valence-corrected chi connectivity index (χ4v) is 2.19. The molecule has 0 spiro atoms. The Morgan fingerprint density at radius 1 is 1.14 bits per heavy atom. The van der Waals surface area contributed by atoms with E-state index in [9.17, 15) is 9.50 Å². The van der Waals surface area contributed by atoms with Gasteiger partial charge in [-0.1, -0.05) is 36.4 Å². The van der Waals surface area contributed by atoms with E-state index in [0.717, 1.165) is 5.56 Å². The van der Waals surface area contributed by atoms with E-state index in [1.807, 2.05) is 30.3 Å². The summed E-state index contributed by atoms with van der Waals surface area (Å²) in [6, 6.07) is 13.1. The topological polar surface area (TPSA) is 55.5 Å². The monoisotopic (exact) mass is 311 g/mol. The van der Waals surface area contributed by atoms with E-state index in [2.05, 4.69) is 0 Å². The first-order valence-electron chi connectivity index (χ1n) is 6.43. The van der Waals surface area contributed by atoms with Crippen molar-refractivity contribution < 1.29 is 14.2 Å². The predicted molar refractivity (Wildman–Crippen MR) is 83.3 cm³/mol.